The van der Waals surface area contributed by atoms with Gasteiger partial charge in [0, 0.05) is 17.4 Å². The molecule has 8 nitrogen and oxygen atoms in total. The first-order valence-electron chi connectivity index (χ1n) is 7.40. The Kier molecular flexibility index (Phi) is 4.51. The third kappa shape index (κ3) is 3.18. The lowest BCUT2D eigenvalue weighted by Gasteiger charge is -2.26. The molecule has 0 spiro atoms. The van der Waals surface area contributed by atoms with Gasteiger partial charge in [-0.25, -0.2) is 4.79 Å². The van der Waals surface area contributed by atoms with Crippen molar-refractivity contribution in [2.45, 2.75) is 49.6 Å². The van der Waals surface area contributed by atoms with Crippen molar-refractivity contribution in [2.24, 2.45) is 0 Å². The molecule has 0 aliphatic carbocycles. The number of carboxylic acid groups (broad SMARTS) is 1. The molecule has 0 bridgehead atoms. The predicted octanol–water partition coefficient (Wildman–Crippen LogP) is 0.828. The maximum Gasteiger partial charge on any atom is 0.318 e. The summed E-state index contributed by atoms with van der Waals surface area (Å²) in [6.07, 6.45) is 4.34. The summed E-state index contributed by atoms with van der Waals surface area (Å²) in [4.78, 5) is 24.6. The van der Waals surface area contributed by atoms with Gasteiger partial charge in [0.2, 0.25) is 0 Å². The van der Waals surface area contributed by atoms with Gasteiger partial charge in [-0.3, -0.25) is 4.79 Å². The normalized spacial score (nSPS) is 27.0. The highest BCUT2D eigenvalue weighted by Crippen LogP contribution is 2.38. The van der Waals surface area contributed by atoms with E-state index in [1.165, 1.54) is 0 Å². The summed E-state index contributed by atoms with van der Waals surface area (Å²) in [6.45, 7) is 0.454. The fraction of sp³-hybridized carbons (Fsp3) is 0.692. The van der Waals surface area contributed by atoms with Crippen molar-refractivity contribution >= 4 is 23.8 Å². The molecule has 3 rings (SSSR count). The van der Waals surface area contributed by atoms with Crippen molar-refractivity contribution in [3.05, 3.63) is 11.9 Å². The molecule has 2 aliphatic rings. The van der Waals surface area contributed by atoms with E-state index in [0.29, 0.717) is 18.2 Å². The van der Waals surface area contributed by atoms with Crippen LogP contribution >= 0.6 is 11.8 Å². The number of aromatic amines is 1. The van der Waals surface area contributed by atoms with E-state index in [0.717, 1.165) is 24.3 Å². The third-order valence-corrected chi connectivity index (χ3v) is 5.63. The molecule has 0 radical (unpaired) electrons. The number of thioether (sulfide) groups is 1. The molecule has 2 fully saturated rings. The van der Waals surface area contributed by atoms with Gasteiger partial charge in [0.05, 0.1) is 24.8 Å². The average molecular weight is 325 g/mol. The number of amides is 2. The van der Waals surface area contributed by atoms with Crippen LogP contribution in [0, 0.1) is 0 Å². The van der Waals surface area contributed by atoms with Gasteiger partial charge in [0.1, 0.15) is 5.69 Å². The fourth-order valence-corrected chi connectivity index (χ4v) is 4.74. The zero-order valence-corrected chi connectivity index (χ0v) is 12.9. The Labute approximate surface area is 132 Å². The van der Waals surface area contributed by atoms with E-state index in [9.17, 15) is 9.59 Å². The standard InChI is InChI=1S/C13H19N5O3S/c19-11(20)4-2-1-3-10-12-9(7-22-10)15-13(21)18(12)6-8-5-14-17-16-8/h5,9-10,12H,1-4,6-7H2,(H,15,21)(H,19,20)(H,14,16,17). The Bertz CT molecular complexity index is 538. The number of hydrogen-bond donors (Lipinski definition) is 3. The van der Waals surface area contributed by atoms with Gasteiger partial charge >= 0.3 is 12.0 Å². The summed E-state index contributed by atoms with van der Waals surface area (Å²) >= 11 is 1.86. The molecule has 9 heteroatoms. The lowest BCUT2D eigenvalue weighted by Crippen LogP contribution is -2.40. The van der Waals surface area contributed by atoms with Crippen molar-refractivity contribution in [3.8, 4) is 0 Å². The Morgan fingerprint density at radius 1 is 1.50 bits per heavy atom. The van der Waals surface area contributed by atoms with Crippen LogP contribution in [0.2, 0.25) is 0 Å². The predicted molar refractivity (Wildman–Crippen MR) is 80.4 cm³/mol. The third-order valence-electron chi connectivity index (χ3n) is 4.14. The van der Waals surface area contributed by atoms with Gasteiger partial charge < -0.3 is 15.3 Å². The van der Waals surface area contributed by atoms with Crippen LogP contribution in [0.3, 0.4) is 0 Å². The number of H-pyrrole nitrogens is 1. The summed E-state index contributed by atoms with van der Waals surface area (Å²) in [5.74, 6) is 0.164. The molecule has 3 N–H and O–H groups in total. The van der Waals surface area contributed by atoms with Crippen LogP contribution in [0.5, 0.6) is 0 Å². The monoisotopic (exact) mass is 325 g/mol. The van der Waals surface area contributed by atoms with Crippen LogP contribution in [-0.4, -0.2) is 60.5 Å². The number of carbonyl (C=O) groups excluding carboxylic acids is 1. The van der Waals surface area contributed by atoms with Crippen molar-refractivity contribution in [1.29, 1.82) is 0 Å². The highest BCUT2D eigenvalue weighted by Gasteiger charge is 2.48. The Balaban J connectivity index is 1.59. The van der Waals surface area contributed by atoms with E-state index in [1.54, 1.807) is 6.20 Å². The van der Waals surface area contributed by atoms with E-state index >= 15 is 0 Å². The van der Waals surface area contributed by atoms with Crippen molar-refractivity contribution in [3.63, 3.8) is 0 Å². The minimum atomic E-state index is -0.748. The zero-order chi connectivity index (χ0) is 15.5. The molecule has 3 unspecified atom stereocenters. The molecular weight excluding hydrogens is 306 g/mol. The molecule has 2 saturated heterocycles. The summed E-state index contributed by atoms with van der Waals surface area (Å²) in [7, 11) is 0. The van der Waals surface area contributed by atoms with Crippen molar-refractivity contribution in [2.75, 3.05) is 5.75 Å². The Morgan fingerprint density at radius 2 is 2.36 bits per heavy atom. The SMILES string of the molecule is O=C(O)CCCCC1SCC2NC(=O)N(Cc3cn[nH]n3)C21. The number of urea groups is 1. The van der Waals surface area contributed by atoms with Crippen molar-refractivity contribution < 1.29 is 14.7 Å². The van der Waals surface area contributed by atoms with E-state index < -0.39 is 5.97 Å². The smallest absolute Gasteiger partial charge is 0.318 e. The van der Waals surface area contributed by atoms with Crippen molar-refractivity contribution in [1.82, 2.24) is 25.6 Å². The number of nitrogens with one attached hydrogen (secondary N) is 2. The summed E-state index contributed by atoms with van der Waals surface area (Å²) in [5, 5.41) is 22.4. The number of hydrogen-bond acceptors (Lipinski definition) is 5. The molecule has 2 amide bonds. The first kappa shape index (κ1) is 15.1. The lowest BCUT2D eigenvalue weighted by molar-refractivity contribution is -0.137. The second kappa shape index (κ2) is 6.55. The van der Waals surface area contributed by atoms with E-state index in [1.807, 2.05) is 16.7 Å². The van der Waals surface area contributed by atoms with Gasteiger partial charge in [0.25, 0.3) is 0 Å². The number of rotatable bonds is 7. The molecule has 0 aromatic carbocycles. The number of fused-ring (bicyclic) bond motifs is 1. The van der Waals surface area contributed by atoms with Gasteiger partial charge in [-0.1, -0.05) is 6.42 Å². The number of carboxylic acids is 1. The molecule has 2 aliphatic heterocycles. The van der Waals surface area contributed by atoms with Gasteiger partial charge in [0.15, 0.2) is 0 Å². The largest absolute Gasteiger partial charge is 0.481 e. The summed E-state index contributed by atoms with van der Waals surface area (Å²) < 4.78 is 0. The molecular formula is C13H19N5O3S. The topological polar surface area (TPSA) is 111 Å². The van der Waals surface area contributed by atoms with Crippen LogP contribution < -0.4 is 5.32 Å². The Morgan fingerprint density at radius 3 is 3.09 bits per heavy atom. The molecule has 0 saturated carbocycles. The molecule has 1 aromatic heterocycles. The maximum atomic E-state index is 12.1. The van der Waals surface area contributed by atoms with Crippen LogP contribution in [-0.2, 0) is 11.3 Å². The van der Waals surface area contributed by atoms with Crippen LogP contribution in [0.25, 0.3) is 0 Å². The van der Waals surface area contributed by atoms with Gasteiger partial charge in [-0.15, -0.1) is 0 Å². The average Bonchev–Trinajstić information content (AvgIpc) is 3.16. The van der Waals surface area contributed by atoms with E-state index in [2.05, 4.69) is 20.7 Å². The number of nitrogens with zero attached hydrogens (tertiary/aromatic N) is 3. The number of aliphatic carboxylic acids is 1. The summed E-state index contributed by atoms with van der Waals surface area (Å²) in [5.41, 5.74) is 0.748. The van der Waals surface area contributed by atoms with Gasteiger partial charge in [-0.2, -0.15) is 27.2 Å². The number of carbonyl (C=O) groups is 2. The first-order chi connectivity index (χ1) is 10.6. The van der Waals surface area contributed by atoms with Crippen LogP contribution in [0.4, 0.5) is 4.79 Å². The number of unbranched alkanes of at least 4 members (excludes halogenated alkanes) is 1. The molecule has 120 valence electrons. The quantitative estimate of drug-likeness (QED) is 0.506. The minimum absolute atomic E-state index is 0.0474. The molecule has 22 heavy (non-hydrogen) atoms. The highest BCUT2D eigenvalue weighted by molar-refractivity contribution is 8.00. The van der Waals surface area contributed by atoms with Crippen LogP contribution in [0.15, 0.2) is 6.20 Å². The van der Waals surface area contributed by atoms with Gasteiger partial charge in [-0.05, 0) is 12.8 Å². The molecule has 3 heterocycles. The lowest BCUT2D eigenvalue weighted by atomic mass is 10.0. The first-order valence-corrected chi connectivity index (χ1v) is 8.45. The zero-order valence-electron chi connectivity index (χ0n) is 12.1. The Hall–Kier alpha value is -1.77. The minimum Gasteiger partial charge on any atom is -0.481 e. The van der Waals surface area contributed by atoms with E-state index in [4.69, 9.17) is 5.11 Å². The highest BCUT2D eigenvalue weighted by atomic mass is 32.2. The maximum absolute atomic E-state index is 12.1. The van der Waals surface area contributed by atoms with Crippen LogP contribution in [0.1, 0.15) is 31.4 Å². The summed E-state index contributed by atoms with van der Waals surface area (Å²) in [6, 6.07) is 0.279. The second-order valence-electron chi connectivity index (χ2n) is 5.65. The second-order valence-corrected chi connectivity index (χ2v) is 6.92. The fourth-order valence-electron chi connectivity index (χ4n) is 3.13. The van der Waals surface area contributed by atoms with E-state index in [-0.39, 0.29) is 24.5 Å². The number of aromatic nitrogens is 3. The molecule has 3 atom stereocenters. The molecule has 1 aromatic rings.